The van der Waals surface area contributed by atoms with Crippen LogP contribution in [0.1, 0.15) is 38.9 Å². The minimum Gasteiger partial charge on any atom is -0.378 e. The number of carbonyl (C=O) groups is 3. The van der Waals surface area contributed by atoms with Crippen LogP contribution in [0.25, 0.3) is 17.0 Å². The lowest BCUT2D eigenvalue weighted by molar-refractivity contribution is -0.116. The van der Waals surface area contributed by atoms with Crippen molar-refractivity contribution in [3.63, 3.8) is 0 Å². The van der Waals surface area contributed by atoms with E-state index in [9.17, 15) is 19.6 Å². The number of ether oxygens (including phenoxy) is 1. The van der Waals surface area contributed by atoms with E-state index in [1.807, 2.05) is 0 Å². The van der Waals surface area contributed by atoms with Crippen molar-refractivity contribution in [2.75, 3.05) is 31.2 Å². The van der Waals surface area contributed by atoms with E-state index < -0.39 is 0 Å². The number of rotatable bonds is 2. The highest BCUT2D eigenvalue weighted by Crippen LogP contribution is 2.35. The molecule has 8 heteroatoms. The van der Waals surface area contributed by atoms with Gasteiger partial charge in [0.2, 0.25) is 11.7 Å². The van der Waals surface area contributed by atoms with Gasteiger partial charge in [-0.3, -0.25) is 19.3 Å². The zero-order valence-corrected chi connectivity index (χ0v) is 18.4. The van der Waals surface area contributed by atoms with Crippen molar-refractivity contribution in [1.29, 1.82) is 5.26 Å². The van der Waals surface area contributed by atoms with Gasteiger partial charge in [0.25, 0.3) is 5.91 Å². The third-order valence-electron chi connectivity index (χ3n) is 5.96. The second kappa shape index (κ2) is 8.54. The Kier molecular flexibility index (Phi) is 5.40. The Morgan fingerprint density at radius 3 is 2.62 bits per heavy atom. The van der Waals surface area contributed by atoms with Gasteiger partial charge in [-0.05, 0) is 42.5 Å². The topological polar surface area (TPSA) is 104 Å². The van der Waals surface area contributed by atoms with Crippen LogP contribution in [0.4, 0.5) is 5.69 Å². The predicted octanol–water partition coefficient (Wildman–Crippen LogP) is 3.17. The molecule has 0 atom stereocenters. The third kappa shape index (κ3) is 3.62. The van der Waals surface area contributed by atoms with E-state index in [4.69, 9.17) is 4.74 Å². The minimum absolute atomic E-state index is 0.119. The summed E-state index contributed by atoms with van der Waals surface area (Å²) in [6.07, 6.45) is 1.52. The summed E-state index contributed by atoms with van der Waals surface area (Å²) < 4.78 is 5.31. The molecular formula is C26H20N4O4. The van der Waals surface area contributed by atoms with Crippen molar-refractivity contribution in [3.8, 4) is 6.07 Å². The van der Waals surface area contributed by atoms with Crippen molar-refractivity contribution in [2.24, 2.45) is 0 Å². The van der Waals surface area contributed by atoms with E-state index in [-0.39, 0.29) is 23.3 Å². The molecule has 2 amide bonds. The van der Waals surface area contributed by atoms with Gasteiger partial charge in [0.1, 0.15) is 0 Å². The fraction of sp³-hybridized carbons (Fsp3) is 0.192. The number of morpholine rings is 1. The van der Waals surface area contributed by atoms with Crippen molar-refractivity contribution >= 4 is 40.3 Å². The number of hydrogen-bond acceptors (Lipinski definition) is 6. The molecule has 168 valence electrons. The highest BCUT2D eigenvalue weighted by molar-refractivity contribution is 6.26. The van der Waals surface area contributed by atoms with Crippen LogP contribution < -0.4 is 4.90 Å². The standard InChI is InChI=1S/C26H20N4O4/c1-16(31)30-23-5-3-2-4-20(23)25(32)24(30)14-19-12-18(15-27)21-13-17(6-7-22(21)28-19)26(33)29-8-10-34-11-9-29/h2-7,12-14H,8-11H2,1H3/b24-14-. The van der Waals surface area contributed by atoms with Crippen LogP contribution in [0.5, 0.6) is 0 Å². The van der Waals surface area contributed by atoms with Gasteiger partial charge < -0.3 is 9.64 Å². The molecule has 2 aromatic carbocycles. The van der Waals surface area contributed by atoms with Crippen LogP contribution in [0.15, 0.2) is 54.2 Å². The maximum absolute atomic E-state index is 13.0. The second-order valence-electron chi connectivity index (χ2n) is 8.07. The lowest BCUT2D eigenvalue weighted by Crippen LogP contribution is -2.40. The lowest BCUT2D eigenvalue weighted by Gasteiger charge is -2.27. The Bertz CT molecular complexity index is 1430. The van der Waals surface area contributed by atoms with Gasteiger partial charge in [-0.25, -0.2) is 4.98 Å². The molecule has 0 radical (unpaired) electrons. The number of nitriles is 1. The van der Waals surface area contributed by atoms with Gasteiger partial charge in [0.15, 0.2) is 0 Å². The van der Waals surface area contributed by atoms with E-state index in [1.165, 1.54) is 17.9 Å². The van der Waals surface area contributed by atoms with E-state index in [0.717, 1.165) is 0 Å². The summed E-state index contributed by atoms with van der Waals surface area (Å²) in [5.41, 5.74) is 2.84. The Hall–Kier alpha value is -4.35. The molecule has 5 rings (SSSR count). The summed E-state index contributed by atoms with van der Waals surface area (Å²) in [6, 6.07) is 15.7. The van der Waals surface area contributed by atoms with Crippen molar-refractivity contribution < 1.29 is 19.1 Å². The van der Waals surface area contributed by atoms with Crippen LogP contribution in [0.3, 0.4) is 0 Å². The number of hydrogen-bond donors (Lipinski definition) is 0. The van der Waals surface area contributed by atoms with E-state index in [2.05, 4.69) is 11.1 Å². The molecule has 0 saturated carbocycles. The number of benzene rings is 2. The number of para-hydroxylation sites is 1. The molecule has 1 aromatic heterocycles. The first-order valence-corrected chi connectivity index (χ1v) is 10.9. The number of Topliss-reactive ketones (excluding diaryl/α,β-unsaturated/α-hetero) is 1. The zero-order chi connectivity index (χ0) is 23.8. The smallest absolute Gasteiger partial charge is 0.254 e. The third-order valence-corrected chi connectivity index (χ3v) is 5.96. The number of anilines is 1. The molecule has 0 N–H and O–H groups in total. The highest BCUT2D eigenvalue weighted by Gasteiger charge is 2.34. The van der Waals surface area contributed by atoms with Crippen LogP contribution in [-0.4, -0.2) is 53.8 Å². The van der Waals surface area contributed by atoms with Crippen molar-refractivity contribution in [3.05, 3.63) is 76.6 Å². The van der Waals surface area contributed by atoms with Gasteiger partial charge >= 0.3 is 0 Å². The SMILES string of the molecule is CC(=O)N1/C(=C\c2cc(C#N)c3cc(C(=O)N4CCOCC4)ccc3n2)C(=O)c2ccccc21. The zero-order valence-electron chi connectivity index (χ0n) is 18.4. The second-order valence-corrected chi connectivity index (χ2v) is 8.07. The first-order valence-electron chi connectivity index (χ1n) is 10.9. The van der Waals surface area contributed by atoms with Gasteiger partial charge in [-0.15, -0.1) is 0 Å². The van der Waals surface area contributed by atoms with Crippen molar-refractivity contribution in [2.45, 2.75) is 6.92 Å². The van der Waals surface area contributed by atoms with Crippen LogP contribution in [0, 0.1) is 11.3 Å². The van der Waals surface area contributed by atoms with Gasteiger partial charge in [0.05, 0.1) is 47.4 Å². The molecule has 0 spiro atoms. The first kappa shape index (κ1) is 21.5. The monoisotopic (exact) mass is 452 g/mol. The Morgan fingerprint density at radius 2 is 1.88 bits per heavy atom. The molecule has 0 aliphatic carbocycles. The summed E-state index contributed by atoms with van der Waals surface area (Å²) in [4.78, 5) is 45.9. The molecule has 2 aliphatic heterocycles. The Morgan fingerprint density at radius 1 is 1.12 bits per heavy atom. The molecule has 3 aromatic rings. The maximum atomic E-state index is 13.0. The average molecular weight is 452 g/mol. The number of amides is 2. The minimum atomic E-state index is -0.294. The van der Waals surface area contributed by atoms with Crippen molar-refractivity contribution in [1.82, 2.24) is 9.88 Å². The predicted molar refractivity (Wildman–Crippen MR) is 125 cm³/mol. The van der Waals surface area contributed by atoms with Crippen LogP contribution in [0.2, 0.25) is 0 Å². The summed E-state index contributed by atoms with van der Waals surface area (Å²) in [5.74, 6) is -0.693. The molecule has 34 heavy (non-hydrogen) atoms. The number of carbonyl (C=O) groups excluding carboxylic acids is 3. The fourth-order valence-electron chi connectivity index (χ4n) is 4.33. The average Bonchev–Trinajstić information content (AvgIpc) is 3.15. The summed E-state index contributed by atoms with van der Waals surface area (Å²) in [7, 11) is 0. The number of ketones is 1. The molecular weight excluding hydrogens is 432 g/mol. The number of allylic oxidation sites excluding steroid dienone is 1. The van der Waals surface area contributed by atoms with Gasteiger partial charge in [-0.1, -0.05) is 12.1 Å². The van der Waals surface area contributed by atoms with Gasteiger partial charge in [0, 0.05) is 36.5 Å². The molecule has 3 heterocycles. The molecule has 1 saturated heterocycles. The Balaban J connectivity index is 1.56. The van der Waals surface area contributed by atoms with E-state index in [0.29, 0.717) is 65.3 Å². The first-order chi connectivity index (χ1) is 16.5. The summed E-state index contributed by atoms with van der Waals surface area (Å²) in [6.45, 7) is 3.45. The molecule has 1 fully saturated rings. The summed E-state index contributed by atoms with van der Waals surface area (Å²) in [5, 5.41) is 10.3. The number of fused-ring (bicyclic) bond motifs is 2. The van der Waals surface area contributed by atoms with E-state index in [1.54, 1.807) is 53.4 Å². The maximum Gasteiger partial charge on any atom is 0.254 e. The fourth-order valence-corrected chi connectivity index (χ4v) is 4.33. The molecule has 2 aliphatic rings. The highest BCUT2D eigenvalue weighted by atomic mass is 16.5. The molecule has 8 nitrogen and oxygen atoms in total. The molecule has 0 bridgehead atoms. The number of nitrogens with zero attached hydrogens (tertiary/aromatic N) is 4. The summed E-state index contributed by atoms with van der Waals surface area (Å²) >= 11 is 0. The normalized spacial score (nSPS) is 16.6. The van der Waals surface area contributed by atoms with Crippen LogP contribution >= 0.6 is 0 Å². The quantitative estimate of drug-likeness (QED) is 0.554. The largest absolute Gasteiger partial charge is 0.378 e. The number of aromatic nitrogens is 1. The van der Waals surface area contributed by atoms with E-state index >= 15 is 0 Å². The van der Waals surface area contributed by atoms with Crippen LogP contribution in [-0.2, 0) is 9.53 Å². The van der Waals surface area contributed by atoms with Gasteiger partial charge in [-0.2, -0.15) is 5.26 Å². The molecule has 0 unspecified atom stereocenters. The lowest BCUT2D eigenvalue weighted by atomic mass is 10.0. The Labute approximate surface area is 195 Å². The number of pyridine rings is 1.